The number of amides is 1. The Bertz CT molecular complexity index is 1580. The number of anilines is 1. The lowest BCUT2D eigenvalue weighted by Crippen LogP contribution is -2.29. The minimum Gasteiger partial charge on any atom is -0.507 e. The number of aliphatic hydroxyl groups excluding tert-OH is 1. The topological polar surface area (TPSA) is 89.0 Å². The van der Waals surface area contributed by atoms with Gasteiger partial charge in [-0.3, -0.25) is 14.5 Å². The van der Waals surface area contributed by atoms with Gasteiger partial charge >= 0.3 is 5.91 Å². The molecule has 5 rings (SSSR count). The smallest absolute Gasteiger partial charge is 0.301 e. The first kappa shape index (κ1) is 25.0. The van der Waals surface area contributed by atoms with Gasteiger partial charge in [-0.25, -0.2) is 9.37 Å². The lowest BCUT2D eigenvalue weighted by atomic mass is 9.95. The summed E-state index contributed by atoms with van der Waals surface area (Å²) < 4.78 is 24.7. The quantitative estimate of drug-likeness (QED) is 0.173. The van der Waals surface area contributed by atoms with Crippen molar-refractivity contribution in [2.24, 2.45) is 0 Å². The summed E-state index contributed by atoms with van der Waals surface area (Å²) in [4.78, 5) is 32.4. The van der Waals surface area contributed by atoms with Gasteiger partial charge in [-0.15, -0.1) is 0 Å². The fourth-order valence-electron chi connectivity index (χ4n) is 4.17. The van der Waals surface area contributed by atoms with Crippen LogP contribution < -0.4 is 14.4 Å². The molecule has 1 fully saturated rings. The van der Waals surface area contributed by atoms with Gasteiger partial charge in [-0.05, 0) is 48.0 Å². The van der Waals surface area contributed by atoms with Crippen LogP contribution in [0.4, 0.5) is 9.52 Å². The highest BCUT2D eigenvalue weighted by Gasteiger charge is 2.48. The van der Waals surface area contributed by atoms with Gasteiger partial charge in [0.05, 0.1) is 46.1 Å². The van der Waals surface area contributed by atoms with Crippen molar-refractivity contribution in [1.29, 1.82) is 0 Å². The summed E-state index contributed by atoms with van der Waals surface area (Å²) in [6.07, 6.45) is 0. The second-order valence-corrected chi connectivity index (χ2v) is 9.85. The van der Waals surface area contributed by atoms with E-state index in [9.17, 15) is 19.1 Å². The molecule has 7 nitrogen and oxygen atoms in total. The predicted molar refractivity (Wildman–Crippen MR) is 140 cm³/mol. The van der Waals surface area contributed by atoms with Crippen LogP contribution in [-0.2, 0) is 9.59 Å². The third kappa shape index (κ3) is 4.29. The number of thiazole rings is 1. The summed E-state index contributed by atoms with van der Waals surface area (Å²) in [5.41, 5.74) is 0.916. The van der Waals surface area contributed by atoms with Crippen LogP contribution in [0.2, 0.25) is 10.0 Å². The number of fused-ring (bicyclic) bond motifs is 1. The number of carbonyl (C=O) groups excluding carboxylic acids is 2. The normalized spacial score (nSPS) is 17.0. The Morgan fingerprint density at radius 3 is 2.32 bits per heavy atom. The molecule has 2 heterocycles. The molecule has 11 heteroatoms. The second kappa shape index (κ2) is 9.66. The highest BCUT2D eigenvalue weighted by atomic mass is 35.5. The number of hydrogen-bond donors (Lipinski definition) is 1. The average molecular weight is 559 g/mol. The zero-order valence-corrected chi connectivity index (χ0v) is 21.6. The highest BCUT2D eigenvalue weighted by molar-refractivity contribution is 7.22. The molecule has 1 N–H and O–H groups in total. The summed E-state index contributed by atoms with van der Waals surface area (Å²) in [5.74, 6) is -1.98. The number of rotatable bonds is 5. The summed E-state index contributed by atoms with van der Waals surface area (Å²) >= 11 is 13.6. The van der Waals surface area contributed by atoms with Crippen LogP contribution >= 0.6 is 34.5 Å². The largest absolute Gasteiger partial charge is 0.507 e. The SMILES string of the molecule is COc1ccc(C2/C(=C(\O)c3cc(Cl)c(OC)c(Cl)c3)C(=O)C(=O)N2c2nc3ccc(F)cc3s2)cc1. The van der Waals surface area contributed by atoms with Crippen molar-refractivity contribution < 1.29 is 28.6 Å². The Kier molecular flexibility index (Phi) is 6.53. The number of ketones is 1. The van der Waals surface area contributed by atoms with Crippen molar-refractivity contribution in [3.8, 4) is 11.5 Å². The molecule has 0 bridgehead atoms. The molecule has 4 aromatic rings. The van der Waals surface area contributed by atoms with E-state index in [1.807, 2.05) is 0 Å². The van der Waals surface area contributed by atoms with Crippen molar-refractivity contribution in [2.45, 2.75) is 6.04 Å². The van der Waals surface area contributed by atoms with Gasteiger partial charge in [-0.1, -0.05) is 46.7 Å². The Labute approximate surface area is 224 Å². The summed E-state index contributed by atoms with van der Waals surface area (Å²) in [6, 6.07) is 12.5. The lowest BCUT2D eigenvalue weighted by molar-refractivity contribution is -0.132. The maximum absolute atomic E-state index is 13.8. The van der Waals surface area contributed by atoms with Crippen LogP contribution in [0.3, 0.4) is 0 Å². The first-order valence-electron chi connectivity index (χ1n) is 10.8. The minimum atomic E-state index is -1.05. The maximum Gasteiger partial charge on any atom is 0.301 e. The molecule has 3 aromatic carbocycles. The number of aliphatic hydroxyl groups is 1. The zero-order chi connectivity index (χ0) is 26.4. The fraction of sp³-hybridized carbons (Fsp3) is 0.115. The standard InChI is InChI=1S/C26H17Cl2FN2O5S/c1-35-15-6-3-12(4-7-15)21-20(22(32)13-9-16(27)24(36-2)17(28)10-13)23(33)25(34)31(21)26-30-18-8-5-14(29)11-19(18)37-26/h3-11,21,32H,1-2H3/b22-20+. The van der Waals surface area contributed by atoms with Crippen molar-refractivity contribution >= 4 is 67.3 Å². The van der Waals surface area contributed by atoms with E-state index >= 15 is 0 Å². The third-order valence-corrected chi connectivity index (χ3v) is 7.48. The molecule has 188 valence electrons. The van der Waals surface area contributed by atoms with E-state index in [1.54, 1.807) is 24.3 Å². The zero-order valence-electron chi connectivity index (χ0n) is 19.3. The van der Waals surface area contributed by atoms with Crippen LogP contribution in [-0.4, -0.2) is 36.0 Å². The van der Waals surface area contributed by atoms with Crippen LogP contribution in [0.5, 0.6) is 11.5 Å². The Morgan fingerprint density at radius 1 is 1.03 bits per heavy atom. The number of carbonyl (C=O) groups is 2. The molecular weight excluding hydrogens is 542 g/mol. The number of methoxy groups -OCH3 is 2. The number of hydrogen-bond acceptors (Lipinski definition) is 7. The van der Waals surface area contributed by atoms with Gasteiger partial charge in [0.1, 0.15) is 17.3 Å². The number of benzene rings is 3. The van der Waals surface area contributed by atoms with Gasteiger partial charge in [0.25, 0.3) is 5.78 Å². The molecule has 1 aliphatic heterocycles. The van der Waals surface area contributed by atoms with E-state index in [0.29, 0.717) is 21.5 Å². The van der Waals surface area contributed by atoms with E-state index in [0.717, 1.165) is 11.3 Å². The number of halogens is 3. The summed E-state index contributed by atoms with van der Waals surface area (Å²) in [5, 5.41) is 11.7. The van der Waals surface area contributed by atoms with E-state index in [1.165, 1.54) is 49.5 Å². The van der Waals surface area contributed by atoms with Crippen molar-refractivity contribution in [3.63, 3.8) is 0 Å². The molecule has 1 atom stereocenters. The molecule has 1 amide bonds. The van der Waals surface area contributed by atoms with E-state index in [2.05, 4.69) is 4.98 Å². The Hall–Kier alpha value is -3.66. The molecule has 0 spiro atoms. The van der Waals surface area contributed by atoms with Crippen LogP contribution in [0.25, 0.3) is 16.0 Å². The predicted octanol–water partition coefficient (Wildman–Crippen LogP) is 6.39. The molecule has 1 aliphatic rings. The van der Waals surface area contributed by atoms with Crippen molar-refractivity contribution in [1.82, 2.24) is 4.98 Å². The Balaban J connectivity index is 1.73. The Morgan fingerprint density at radius 2 is 1.70 bits per heavy atom. The summed E-state index contributed by atoms with van der Waals surface area (Å²) in [6.45, 7) is 0. The van der Waals surface area contributed by atoms with E-state index in [-0.39, 0.29) is 32.1 Å². The van der Waals surface area contributed by atoms with Crippen LogP contribution in [0.1, 0.15) is 17.2 Å². The van der Waals surface area contributed by atoms with Gasteiger partial charge in [0.2, 0.25) is 0 Å². The molecule has 0 radical (unpaired) electrons. The van der Waals surface area contributed by atoms with E-state index in [4.69, 9.17) is 32.7 Å². The van der Waals surface area contributed by atoms with Gasteiger partial charge in [0, 0.05) is 5.56 Å². The number of Topliss-reactive ketones (excluding diaryl/α,β-unsaturated/α-hetero) is 1. The number of aromatic nitrogens is 1. The molecule has 1 unspecified atom stereocenters. The minimum absolute atomic E-state index is 0.111. The first-order valence-corrected chi connectivity index (χ1v) is 12.3. The molecule has 0 saturated carbocycles. The van der Waals surface area contributed by atoms with Crippen molar-refractivity contribution in [2.75, 3.05) is 19.1 Å². The summed E-state index contributed by atoms with van der Waals surface area (Å²) in [7, 11) is 2.91. The molecule has 0 aliphatic carbocycles. The van der Waals surface area contributed by atoms with Crippen LogP contribution in [0, 0.1) is 5.82 Å². The third-order valence-electron chi connectivity index (χ3n) is 5.90. The molecular formula is C26H17Cl2FN2O5S. The van der Waals surface area contributed by atoms with Gasteiger partial charge in [-0.2, -0.15) is 0 Å². The fourth-order valence-corrected chi connectivity index (χ4v) is 5.83. The van der Waals surface area contributed by atoms with Gasteiger partial charge in [0.15, 0.2) is 10.9 Å². The average Bonchev–Trinajstić information content (AvgIpc) is 3.41. The van der Waals surface area contributed by atoms with E-state index < -0.39 is 29.3 Å². The van der Waals surface area contributed by atoms with Crippen molar-refractivity contribution in [3.05, 3.63) is 87.2 Å². The molecule has 1 aromatic heterocycles. The molecule has 37 heavy (non-hydrogen) atoms. The number of ether oxygens (including phenoxy) is 2. The monoisotopic (exact) mass is 558 g/mol. The lowest BCUT2D eigenvalue weighted by Gasteiger charge is -2.23. The second-order valence-electron chi connectivity index (χ2n) is 8.02. The van der Waals surface area contributed by atoms with Gasteiger partial charge < -0.3 is 14.6 Å². The number of nitrogens with zero attached hydrogens (tertiary/aromatic N) is 2. The molecule has 1 saturated heterocycles. The maximum atomic E-state index is 13.8. The highest BCUT2D eigenvalue weighted by Crippen LogP contribution is 2.45. The van der Waals surface area contributed by atoms with Crippen LogP contribution in [0.15, 0.2) is 60.2 Å². The first-order chi connectivity index (χ1) is 17.7.